The Kier molecular flexibility index (Phi) is 5.48. The number of hydrogen-bond donors (Lipinski definition) is 1. The number of rotatable bonds is 6. The van der Waals surface area contributed by atoms with Crippen LogP contribution in [0.5, 0.6) is 5.75 Å². The molecule has 0 aliphatic carbocycles. The Morgan fingerprint density at radius 3 is 2.81 bits per heavy atom. The van der Waals surface area contributed by atoms with E-state index in [2.05, 4.69) is 15.4 Å². The molecule has 0 saturated heterocycles. The van der Waals surface area contributed by atoms with Gasteiger partial charge in [-0.3, -0.25) is 0 Å². The molecule has 0 spiro atoms. The lowest BCUT2D eigenvalue weighted by Gasteiger charge is -2.11. The SMILES string of the molecule is CCOC(=O)c1n[nH]nc1-c1ccccc1OCc1ccc(F)cc1Cl. The summed E-state index contributed by atoms with van der Waals surface area (Å²) in [5.41, 5.74) is 1.60. The zero-order chi connectivity index (χ0) is 18.5. The van der Waals surface area contributed by atoms with Gasteiger partial charge in [0.25, 0.3) is 0 Å². The van der Waals surface area contributed by atoms with Crippen LogP contribution in [0.4, 0.5) is 4.39 Å². The highest BCUT2D eigenvalue weighted by atomic mass is 35.5. The van der Waals surface area contributed by atoms with Gasteiger partial charge in [-0.05, 0) is 31.2 Å². The molecule has 1 heterocycles. The van der Waals surface area contributed by atoms with E-state index >= 15 is 0 Å². The number of nitrogens with zero attached hydrogens (tertiary/aromatic N) is 2. The van der Waals surface area contributed by atoms with E-state index < -0.39 is 11.8 Å². The molecule has 0 fully saturated rings. The number of aromatic nitrogens is 3. The lowest BCUT2D eigenvalue weighted by Crippen LogP contribution is -2.07. The predicted octanol–water partition coefficient (Wildman–Crippen LogP) is 4.02. The van der Waals surface area contributed by atoms with Crippen LogP contribution in [0.25, 0.3) is 11.3 Å². The van der Waals surface area contributed by atoms with E-state index in [9.17, 15) is 9.18 Å². The van der Waals surface area contributed by atoms with Gasteiger partial charge < -0.3 is 9.47 Å². The topological polar surface area (TPSA) is 77.1 Å². The number of hydrogen-bond acceptors (Lipinski definition) is 5. The first-order valence-corrected chi connectivity index (χ1v) is 8.22. The van der Waals surface area contributed by atoms with Gasteiger partial charge in [-0.25, -0.2) is 9.18 Å². The molecule has 134 valence electrons. The number of carbonyl (C=O) groups excluding carboxylic acids is 1. The Bertz CT molecular complexity index is 930. The minimum atomic E-state index is -0.576. The summed E-state index contributed by atoms with van der Waals surface area (Å²) >= 11 is 6.03. The Balaban J connectivity index is 1.88. The summed E-state index contributed by atoms with van der Waals surface area (Å²) in [6.07, 6.45) is 0. The molecule has 26 heavy (non-hydrogen) atoms. The summed E-state index contributed by atoms with van der Waals surface area (Å²) in [7, 11) is 0. The van der Waals surface area contributed by atoms with E-state index in [-0.39, 0.29) is 23.9 Å². The molecule has 0 bridgehead atoms. The minimum Gasteiger partial charge on any atom is -0.488 e. The van der Waals surface area contributed by atoms with Crippen LogP contribution in [0.15, 0.2) is 42.5 Å². The van der Waals surface area contributed by atoms with E-state index in [0.717, 1.165) is 0 Å². The molecule has 0 saturated carbocycles. The van der Waals surface area contributed by atoms with Gasteiger partial charge in [-0.2, -0.15) is 10.3 Å². The zero-order valence-corrected chi connectivity index (χ0v) is 14.6. The summed E-state index contributed by atoms with van der Waals surface area (Å²) in [5.74, 6) is -0.513. The molecule has 0 atom stereocenters. The number of carbonyl (C=O) groups is 1. The zero-order valence-electron chi connectivity index (χ0n) is 13.8. The van der Waals surface area contributed by atoms with Gasteiger partial charge in [0.05, 0.1) is 11.6 Å². The number of H-pyrrole nitrogens is 1. The molecule has 1 aromatic heterocycles. The molecule has 0 unspecified atom stereocenters. The van der Waals surface area contributed by atoms with Crippen LogP contribution in [0, 0.1) is 5.82 Å². The van der Waals surface area contributed by atoms with E-state index in [1.165, 1.54) is 12.1 Å². The Morgan fingerprint density at radius 2 is 2.04 bits per heavy atom. The molecule has 0 amide bonds. The van der Waals surface area contributed by atoms with E-state index in [0.29, 0.717) is 22.6 Å². The van der Waals surface area contributed by atoms with Crippen molar-refractivity contribution in [1.29, 1.82) is 0 Å². The number of nitrogens with one attached hydrogen (secondary N) is 1. The monoisotopic (exact) mass is 375 g/mol. The number of para-hydroxylation sites is 1. The van der Waals surface area contributed by atoms with Crippen molar-refractivity contribution in [3.05, 3.63) is 64.6 Å². The van der Waals surface area contributed by atoms with Gasteiger partial charge in [-0.1, -0.05) is 29.8 Å². The Labute approximate surface area is 153 Å². The highest BCUT2D eigenvalue weighted by molar-refractivity contribution is 6.31. The second kappa shape index (κ2) is 7.97. The average Bonchev–Trinajstić information content (AvgIpc) is 3.11. The first-order chi connectivity index (χ1) is 12.6. The number of benzene rings is 2. The van der Waals surface area contributed by atoms with Crippen molar-refractivity contribution in [3.63, 3.8) is 0 Å². The fourth-order valence-corrected chi connectivity index (χ4v) is 2.56. The molecule has 0 radical (unpaired) electrons. The summed E-state index contributed by atoms with van der Waals surface area (Å²) < 4.78 is 24.0. The van der Waals surface area contributed by atoms with Gasteiger partial charge in [0.2, 0.25) is 0 Å². The molecule has 3 rings (SSSR count). The molecule has 0 aliphatic heterocycles. The minimum absolute atomic E-state index is 0.0720. The fourth-order valence-electron chi connectivity index (χ4n) is 2.34. The molecule has 8 heteroatoms. The van der Waals surface area contributed by atoms with E-state index in [1.807, 2.05) is 0 Å². The first kappa shape index (κ1) is 17.9. The third kappa shape index (κ3) is 3.83. The molecule has 2 aromatic carbocycles. The lowest BCUT2D eigenvalue weighted by molar-refractivity contribution is 0.0520. The largest absolute Gasteiger partial charge is 0.488 e. The molecular weight excluding hydrogens is 361 g/mol. The van der Waals surface area contributed by atoms with Crippen molar-refractivity contribution in [2.45, 2.75) is 13.5 Å². The summed E-state index contributed by atoms with van der Waals surface area (Å²) in [6.45, 7) is 2.07. The number of ether oxygens (including phenoxy) is 2. The van der Waals surface area contributed by atoms with Crippen molar-refractivity contribution >= 4 is 17.6 Å². The quantitative estimate of drug-likeness (QED) is 0.658. The normalized spacial score (nSPS) is 10.6. The number of aromatic amines is 1. The Hall–Kier alpha value is -2.93. The van der Waals surface area contributed by atoms with Crippen LogP contribution in [-0.4, -0.2) is 28.0 Å². The van der Waals surface area contributed by atoms with Gasteiger partial charge >= 0.3 is 5.97 Å². The van der Waals surface area contributed by atoms with Gasteiger partial charge in [-0.15, -0.1) is 5.10 Å². The van der Waals surface area contributed by atoms with Crippen molar-refractivity contribution < 1.29 is 18.7 Å². The maximum absolute atomic E-state index is 13.2. The average molecular weight is 376 g/mol. The lowest BCUT2D eigenvalue weighted by atomic mass is 10.1. The van der Waals surface area contributed by atoms with Crippen LogP contribution < -0.4 is 4.74 Å². The van der Waals surface area contributed by atoms with Crippen LogP contribution in [0.2, 0.25) is 5.02 Å². The molecular formula is C18H15ClFN3O3. The van der Waals surface area contributed by atoms with Gasteiger partial charge in [0.15, 0.2) is 5.69 Å². The van der Waals surface area contributed by atoms with Crippen molar-refractivity contribution in [2.75, 3.05) is 6.61 Å². The van der Waals surface area contributed by atoms with Crippen molar-refractivity contribution in [1.82, 2.24) is 15.4 Å². The van der Waals surface area contributed by atoms with Crippen molar-refractivity contribution in [2.24, 2.45) is 0 Å². The van der Waals surface area contributed by atoms with Crippen LogP contribution >= 0.6 is 11.6 Å². The van der Waals surface area contributed by atoms with E-state index in [4.69, 9.17) is 21.1 Å². The molecule has 3 aromatic rings. The van der Waals surface area contributed by atoms with Gasteiger partial charge in [0.1, 0.15) is 23.9 Å². The van der Waals surface area contributed by atoms with Crippen LogP contribution in [-0.2, 0) is 11.3 Å². The standard InChI is InChI=1S/C18H15ClFN3O3/c1-2-25-18(24)17-16(21-23-22-17)13-5-3-4-6-15(13)26-10-11-7-8-12(20)9-14(11)19/h3-9H,2,10H2,1H3,(H,21,22,23). The van der Waals surface area contributed by atoms with E-state index in [1.54, 1.807) is 37.3 Å². The fraction of sp³-hybridized carbons (Fsp3) is 0.167. The highest BCUT2D eigenvalue weighted by Crippen LogP contribution is 2.31. The smallest absolute Gasteiger partial charge is 0.361 e. The maximum atomic E-state index is 13.2. The molecule has 1 N–H and O–H groups in total. The van der Waals surface area contributed by atoms with Crippen LogP contribution in [0.1, 0.15) is 23.0 Å². The molecule has 6 nitrogen and oxygen atoms in total. The Morgan fingerprint density at radius 1 is 1.23 bits per heavy atom. The summed E-state index contributed by atoms with van der Waals surface area (Å²) in [4.78, 5) is 12.0. The maximum Gasteiger partial charge on any atom is 0.361 e. The second-order valence-electron chi connectivity index (χ2n) is 5.26. The summed E-state index contributed by atoms with van der Waals surface area (Å²) in [5, 5.41) is 10.6. The van der Waals surface area contributed by atoms with Crippen molar-refractivity contribution in [3.8, 4) is 17.0 Å². The predicted molar refractivity (Wildman–Crippen MR) is 93.5 cm³/mol. The third-order valence-corrected chi connectivity index (χ3v) is 3.91. The summed E-state index contributed by atoms with van der Waals surface area (Å²) in [6, 6.07) is 11.2. The number of esters is 1. The second-order valence-corrected chi connectivity index (χ2v) is 5.67. The first-order valence-electron chi connectivity index (χ1n) is 7.84. The highest BCUT2D eigenvalue weighted by Gasteiger charge is 2.21. The van der Waals surface area contributed by atoms with Crippen LogP contribution in [0.3, 0.4) is 0 Å². The number of halogens is 2. The molecule has 0 aliphatic rings. The third-order valence-electron chi connectivity index (χ3n) is 3.56. The van der Waals surface area contributed by atoms with Gasteiger partial charge in [0, 0.05) is 11.1 Å².